The summed E-state index contributed by atoms with van der Waals surface area (Å²) < 4.78 is 32.7. The third kappa shape index (κ3) is 4.12. The van der Waals surface area contributed by atoms with Crippen LogP contribution in [0.25, 0.3) is 11.4 Å². The molecule has 142 valence electrons. The van der Waals surface area contributed by atoms with Gasteiger partial charge in [0.05, 0.1) is 5.75 Å². The second kappa shape index (κ2) is 8.07. The van der Waals surface area contributed by atoms with Gasteiger partial charge >= 0.3 is 0 Å². The van der Waals surface area contributed by atoms with Crippen LogP contribution in [0.2, 0.25) is 0 Å². The lowest BCUT2D eigenvalue weighted by Crippen LogP contribution is -2.21. The van der Waals surface area contributed by atoms with Crippen molar-refractivity contribution in [2.24, 2.45) is 0 Å². The first-order valence-electron chi connectivity index (χ1n) is 8.02. The quantitative estimate of drug-likeness (QED) is 0.420. The van der Waals surface area contributed by atoms with Gasteiger partial charge in [-0.15, -0.1) is 16.8 Å². The summed E-state index contributed by atoms with van der Waals surface area (Å²) in [5.74, 6) is 1.68. The number of allylic oxidation sites excluding steroid dienone is 1. The Balaban J connectivity index is 1.80. The molecule has 0 radical (unpaired) electrons. The monoisotopic (exact) mass is 405 g/mol. The van der Waals surface area contributed by atoms with Crippen LogP contribution in [-0.2, 0) is 22.3 Å². The molecule has 3 aromatic heterocycles. The molecule has 0 atom stereocenters. The Hall–Kier alpha value is -2.43. The van der Waals surface area contributed by atoms with Gasteiger partial charge in [0.15, 0.2) is 11.0 Å². The highest BCUT2D eigenvalue weighted by Gasteiger charge is 2.22. The van der Waals surface area contributed by atoms with Crippen molar-refractivity contribution in [3.8, 4) is 11.4 Å². The summed E-state index contributed by atoms with van der Waals surface area (Å²) in [5, 5.41) is 9.13. The number of pyridine rings is 1. The molecule has 0 aromatic carbocycles. The summed E-state index contributed by atoms with van der Waals surface area (Å²) in [4.78, 5) is 4.02. The van der Waals surface area contributed by atoms with E-state index in [1.54, 1.807) is 24.5 Å². The number of hydrogen-bond donors (Lipinski definition) is 0. The minimum atomic E-state index is -3.58. The molecule has 3 aromatic rings. The van der Waals surface area contributed by atoms with Crippen LogP contribution >= 0.6 is 11.8 Å². The van der Waals surface area contributed by atoms with Gasteiger partial charge < -0.3 is 4.42 Å². The molecule has 0 spiro atoms. The Morgan fingerprint density at radius 2 is 1.96 bits per heavy atom. The van der Waals surface area contributed by atoms with Gasteiger partial charge in [-0.2, -0.15) is 0 Å². The number of sulfonamides is 1. The predicted molar refractivity (Wildman–Crippen MR) is 103 cm³/mol. The lowest BCUT2D eigenvalue weighted by atomic mass is 10.2. The van der Waals surface area contributed by atoms with Gasteiger partial charge in [-0.05, 0) is 24.3 Å². The molecular weight excluding hydrogens is 386 g/mol. The lowest BCUT2D eigenvalue weighted by Gasteiger charge is -2.08. The summed E-state index contributed by atoms with van der Waals surface area (Å²) >= 11 is 1.41. The highest BCUT2D eigenvalue weighted by Crippen LogP contribution is 2.27. The van der Waals surface area contributed by atoms with Crippen LogP contribution in [0.4, 0.5) is 0 Å². The van der Waals surface area contributed by atoms with Crippen molar-refractivity contribution < 1.29 is 12.8 Å². The molecule has 0 aliphatic rings. The summed E-state index contributed by atoms with van der Waals surface area (Å²) in [6.07, 6.45) is 5.17. The van der Waals surface area contributed by atoms with Gasteiger partial charge in [0.1, 0.15) is 5.76 Å². The first-order valence-corrected chi connectivity index (χ1v) is 10.4. The molecule has 0 saturated heterocycles. The van der Waals surface area contributed by atoms with Crippen LogP contribution in [0.1, 0.15) is 5.76 Å². The Labute approximate surface area is 162 Å². The molecule has 3 rings (SSSR count). The summed E-state index contributed by atoms with van der Waals surface area (Å²) in [6, 6.07) is 6.84. The first-order chi connectivity index (χ1) is 12.9. The van der Waals surface area contributed by atoms with Crippen molar-refractivity contribution >= 4 is 21.8 Å². The SMILES string of the molecule is C=CCn1c(SCc2ccc(S(=O)(=O)N(C)C)o2)nnc1-c1ccncc1. The van der Waals surface area contributed by atoms with E-state index in [1.165, 1.54) is 31.9 Å². The zero-order chi connectivity index (χ0) is 19.4. The topological polar surface area (TPSA) is 94.1 Å². The van der Waals surface area contributed by atoms with Crippen molar-refractivity contribution in [3.05, 3.63) is 55.1 Å². The van der Waals surface area contributed by atoms with E-state index in [4.69, 9.17) is 4.42 Å². The summed E-state index contributed by atoms with van der Waals surface area (Å²) in [5.41, 5.74) is 0.906. The average Bonchev–Trinajstić information content (AvgIpc) is 3.28. The molecule has 27 heavy (non-hydrogen) atoms. The Kier molecular flexibility index (Phi) is 5.78. The zero-order valence-electron chi connectivity index (χ0n) is 14.9. The molecule has 8 nitrogen and oxygen atoms in total. The van der Waals surface area contributed by atoms with Crippen LogP contribution in [-0.4, -0.2) is 46.6 Å². The molecule has 10 heteroatoms. The maximum absolute atomic E-state index is 12.1. The van der Waals surface area contributed by atoms with Gasteiger partial charge in [0.2, 0.25) is 5.09 Å². The van der Waals surface area contributed by atoms with Crippen LogP contribution in [0, 0.1) is 0 Å². The molecule has 0 bridgehead atoms. The molecule has 3 heterocycles. The third-order valence-corrected chi connectivity index (χ3v) is 6.36. The predicted octanol–water partition coefficient (Wildman–Crippen LogP) is 2.66. The number of rotatable bonds is 8. The second-order valence-electron chi connectivity index (χ2n) is 5.74. The highest BCUT2D eigenvalue weighted by molar-refractivity contribution is 7.98. The summed E-state index contributed by atoms with van der Waals surface area (Å²) in [7, 11) is -0.657. The molecule has 0 unspecified atom stereocenters. The van der Waals surface area contributed by atoms with E-state index in [1.807, 2.05) is 16.7 Å². The van der Waals surface area contributed by atoms with Crippen LogP contribution in [0.3, 0.4) is 0 Å². The van der Waals surface area contributed by atoms with E-state index in [-0.39, 0.29) is 5.09 Å². The van der Waals surface area contributed by atoms with Gasteiger partial charge in [0, 0.05) is 38.6 Å². The number of nitrogens with zero attached hydrogens (tertiary/aromatic N) is 5. The molecule has 0 aliphatic heterocycles. The largest absolute Gasteiger partial charge is 0.447 e. The number of furan rings is 1. The molecule has 0 aliphatic carbocycles. The minimum absolute atomic E-state index is 0.0758. The van der Waals surface area contributed by atoms with Crippen molar-refractivity contribution in [1.29, 1.82) is 0 Å². The van der Waals surface area contributed by atoms with E-state index in [0.29, 0.717) is 23.2 Å². The van der Waals surface area contributed by atoms with Crippen molar-refractivity contribution in [1.82, 2.24) is 24.1 Å². The fourth-order valence-electron chi connectivity index (χ4n) is 2.29. The lowest BCUT2D eigenvalue weighted by molar-refractivity contribution is 0.408. The van der Waals surface area contributed by atoms with Crippen LogP contribution < -0.4 is 0 Å². The summed E-state index contributed by atoms with van der Waals surface area (Å²) in [6.45, 7) is 4.34. The maximum atomic E-state index is 12.1. The van der Waals surface area contributed by atoms with Crippen molar-refractivity contribution in [2.45, 2.75) is 22.5 Å². The molecule has 0 fully saturated rings. The Bertz CT molecular complexity index is 1030. The first kappa shape index (κ1) is 19.3. The molecule has 0 saturated carbocycles. The number of aromatic nitrogens is 4. The van der Waals surface area contributed by atoms with Gasteiger partial charge in [0.25, 0.3) is 10.0 Å². The third-order valence-electron chi connectivity index (χ3n) is 3.68. The van der Waals surface area contributed by atoms with E-state index in [9.17, 15) is 8.42 Å². The van der Waals surface area contributed by atoms with Crippen molar-refractivity contribution in [3.63, 3.8) is 0 Å². The van der Waals surface area contributed by atoms with E-state index < -0.39 is 10.0 Å². The van der Waals surface area contributed by atoms with Gasteiger partial charge in [-0.3, -0.25) is 9.55 Å². The molecular formula is C17H19N5O3S2. The van der Waals surface area contributed by atoms with Gasteiger partial charge in [-0.1, -0.05) is 17.8 Å². The van der Waals surface area contributed by atoms with E-state index in [2.05, 4.69) is 21.8 Å². The minimum Gasteiger partial charge on any atom is -0.447 e. The van der Waals surface area contributed by atoms with Crippen LogP contribution in [0.15, 0.2) is 64.0 Å². The number of thioether (sulfide) groups is 1. The maximum Gasteiger partial charge on any atom is 0.275 e. The Morgan fingerprint density at radius 1 is 1.22 bits per heavy atom. The fourth-order valence-corrected chi connectivity index (χ4v) is 3.95. The highest BCUT2D eigenvalue weighted by atomic mass is 32.2. The van der Waals surface area contributed by atoms with Crippen molar-refractivity contribution in [2.75, 3.05) is 14.1 Å². The molecule has 0 amide bonds. The average molecular weight is 406 g/mol. The standard InChI is InChI=1S/C17H19N5O3S2/c1-4-11-22-16(13-7-9-18-10-8-13)19-20-17(22)26-12-14-5-6-15(25-14)27(23,24)21(2)3/h4-10H,1,11-12H2,2-3H3. The zero-order valence-corrected chi connectivity index (χ0v) is 16.6. The van der Waals surface area contributed by atoms with Gasteiger partial charge in [-0.25, -0.2) is 12.7 Å². The fraction of sp³-hybridized carbons (Fsp3) is 0.235. The van der Waals surface area contributed by atoms with E-state index >= 15 is 0 Å². The number of hydrogen-bond acceptors (Lipinski definition) is 7. The molecule has 0 N–H and O–H groups in total. The second-order valence-corrected chi connectivity index (χ2v) is 8.76. The van der Waals surface area contributed by atoms with E-state index in [0.717, 1.165) is 15.7 Å². The normalized spacial score (nSPS) is 11.8. The Morgan fingerprint density at radius 3 is 2.63 bits per heavy atom. The smallest absolute Gasteiger partial charge is 0.275 e. The van der Waals surface area contributed by atoms with Crippen LogP contribution in [0.5, 0.6) is 0 Å².